The molecule has 0 atom stereocenters. The van der Waals surface area contributed by atoms with Crippen molar-refractivity contribution in [1.82, 2.24) is 24.6 Å². The van der Waals surface area contributed by atoms with Crippen LogP contribution in [0.2, 0.25) is 0 Å². The predicted octanol–water partition coefficient (Wildman–Crippen LogP) is 4.30. The first kappa shape index (κ1) is 23.1. The van der Waals surface area contributed by atoms with Gasteiger partial charge in [0.1, 0.15) is 5.75 Å². The van der Waals surface area contributed by atoms with Crippen molar-refractivity contribution in [2.45, 2.75) is 19.9 Å². The molecule has 35 heavy (non-hydrogen) atoms. The van der Waals surface area contributed by atoms with E-state index in [-0.39, 0.29) is 5.91 Å². The van der Waals surface area contributed by atoms with E-state index in [0.717, 1.165) is 66.3 Å². The minimum atomic E-state index is 0.0528. The molecule has 0 N–H and O–H groups in total. The van der Waals surface area contributed by atoms with Crippen molar-refractivity contribution >= 4 is 16.9 Å². The highest BCUT2D eigenvalue weighted by atomic mass is 16.5. The number of nitrogens with zero attached hydrogens (tertiary/aromatic N) is 5. The van der Waals surface area contributed by atoms with Crippen LogP contribution in [-0.2, 0) is 13.6 Å². The van der Waals surface area contributed by atoms with Gasteiger partial charge in [0.15, 0.2) is 5.65 Å². The number of fused-ring (bicyclic) bond motifs is 1. The smallest absolute Gasteiger partial charge is 0.254 e. The number of aromatic nitrogens is 3. The molecule has 1 fully saturated rings. The van der Waals surface area contributed by atoms with Crippen LogP contribution in [0.25, 0.3) is 22.3 Å². The summed E-state index contributed by atoms with van der Waals surface area (Å²) in [5, 5.41) is 5.41. The number of benzene rings is 2. The molecular weight excluding hydrogens is 438 g/mol. The van der Waals surface area contributed by atoms with Gasteiger partial charge in [-0.3, -0.25) is 14.4 Å². The highest BCUT2D eigenvalue weighted by Gasteiger charge is 2.25. The van der Waals surface area contributed by atoms with Crippen molar-refractivity contribution in [3.8, 4) is 17.0 Å². The maximum absolute atomic E-state index is 13.9. The fraction of sp³-hybridized carbons (Fsp3) is 0.321. The Bertz CT molecular complexity index is 1330. The zero-order valence-electron chi connectivity index (χ0n) is 20.6. The largest absolute Gasteiger partial charge is 0.497 e. The molecule has 1 aliphatic heterocycles. The molecule has 1 amide bonds. The van der Waals surface area contributed by atoms with Crippen molar-refractivity contribution < 1.29 is 9.53 Å². The second-order valence-electron chi connectivity index (χ2n) is 9.10. The molecule has 5 rings (SSSR count). The summed E-state index contributed by atoms with van der Waals surface area (Å²) < 4.78 is 7.04. The Balaban J connectivity index is 1.39. The van der Waals surface area contributed by atoms with Crippen LogP contribution in [0.1, 0.15) is 28.0 Å². The number of hydrogen-bond acceptors (Lipinski definition) is 5. The van der Waals surface area contributed by atoms with Gasteiger partial charge in [0.25, 0.3) is 5.91 Å². The molecule has 7 nitrogen and oxygen atoms in total. The fourth-order valence-electron chi connectivity index (χ4n) is 4.86. The van der Waals surface area contributed by atoms with E-state index in [1.807, 2.05) is 67.4 Å². The van der Waals surface area contributed by atoms with Crippen molar-refractivity contribution in [3.05, 3.63) is 77.5 Å². The Morgan fingerprint density at radius 2 is 1.77 bits per heavy atom. The summed E-state index contributed by atoms with van der Waals surface area (Å²) in [6, 6.07) is 20.2. The molecule has 3 heterocycles. The maximum atomic E-state index is 13.9. The molecule has 0 unspecified atom stereocenters. The van der Waals surface area contributed by atoms with Gasteiger partial charge in [-0.2, -0.15) is 5.10 Å². The molecule has 0 radical (unpaired) electrons. The quantitative estimate of drug-likeness (QED) is 0.436. The SMILES string of the molecule is COc1ccc(CN2CCCN(C(=O)c3cc(-c4ccccc4)nc4c3c(C)nn4C)CC2)cc1. The Morgan fingerprint density at radius 1 is 1.00 bits per heavy atom. The first-order valence-electron chi connectivity index (χ1n) is 12.1. The van der Waals surface area contributed by atoms with E-state index in [1.165, 1.54) is 5.56 Å². The third kappa shape index (κ3) is 4.77. The lowest BCUT2D eigenvalue weighted by molar-refractivity contribution is 0.0763. The molecule has 0 aliphatic carbocycles. The number of carbonyl (C=O) groups excluding carboxylic acids is 1. The molecule has 2 aromatic carbocycles. The van der Waals surface area contributed by atoms with Gasteiger partial charge in [0.2, 0.25) is 0 Å². The molecule has 0 saturated carbocycles. The van der Waals surface area contributed by atoms with E-state index in [0.29, 0.717) is 12.1 Å². The summed E-state index contributed by atoms with van der Waals surface area (Å²) in [7, 11) is 3.57. The Hall–Kier alpha value is -3.71. The summed E-state index contributed by atoms with van der Waals surface area (Å²) in [5.74, 6) is 0.919. The van der Waals surface area contributed by atoms with Gasteiger partial charge in [-0.15, -0.1) is 0 Å². The second-order valence-corrected chi connectivity index (χ2v) is 9.10. The molecule has 0 spiro atoms. The van der Waals surface area contributed by atoms with Gasteiger partial charge in [-0.05, 0) is 37.1 Å². The van der Waals surface area contributed by atoms with Crippen LogP contribution in [0.15, 0.2) is 60.7 Å². The van der Waals surface area contributed by atoms with Gasteiger partial charge < -0.3 is 9.64 Å². The van der Waals surface area contributed by atoms with Crippen LogP contribution in [0, 0.1) is 6.92 Å². The average Bonchev–Trinajstić information content (AvgIpc) is 3.04. The zero-order valence-corrected chi connectivity index (χ0v) is 20.6. The summed E-state index contributed by atoms with van der Waals surface area (Å²) in [6.45, 7) is 6.04. The molecule has 2 aromatic heterocycles. The van der Waals surface area contributed by atoms with Crippen LogP contribution in [0.3, 0.4) is 0 Å². The van der Waals surface area contributed by atoms with Crippen molar-refractivity contribution in [1.29, 1.82) is 0 Å². The highest BCUT2D eigenvalue weighted by molar-refractivity contribution is 6.07. The third-order valence-corrected chi connectivity index (χ3v) is 6.71. The van der Waals surface area contributed by atoms with Gasteiger partial charge in [-0.1, -0.05) is 42.5 Å². The Morgan fingerprint density at radius 3 is 2.51 bits per heavy atom. The molecule has 1 aliphatic rings. The van der Waals surface area contributed by atoms with Gasteiger partial charge in [-0.25, -0.2) is 4.98 Å². The van der Waals surface area contributed by atoms with Crippen molar-refractivity contribution in [3.63, 3.8) is 0 Å². The molecule has 180 valence electrons. The summed E-state index contributed by atoms with van der Waals surface area (Å²) >= 11 is 0. The number of rotatable bonds is 5. The van der Waals surface area contributed by atoms with Crippen LogP contribution >= 0.6 is 0 Å². The Kier molecular flexibility index (Phi) is 6.51. The Labute approximate surface area is 205 Å². The second kappa shape index (κ2) is 9.88. The average molecular weight is 470 g/mol. The molecular formula is C28H31N5O2. The normalized spacial score (nSPS) is 14.8. The standard InChI is InChI=1S/C28H31N5O2/c1-20-26-24(18-25(22-8-5-4-6-9-22)29-27(26)31(2)30-20)28(34)33-15-7-14-32(16-17-33)19-21-10-12-23(35-3)13-11-21/h4-6,8-13,18H,7,14-17,19H2,1-3H3. The monoisotopic (exact) mass is 469 g/mol. The van der Waals surface area contributed by atoms with Gasteiger partial charge >= 0.3 is 0 Å². The van der Waals surface area contributed by atoms with E-state index >= 15 is 0 Å². The van der Waals surface area contributed by atoms with E-state index in [4.69, 9.17) is 9.72 Å². The van der Waals surface area contributed by atoms with Gasteiger partial charge in [0, 0.05) is 45.3 Å². The number of ether oxygens (including phenoxy) is 1. The van der Waals surface area contributed by atoms with Crippen LogP contribution < -0.4 is 4.74 Å². The minimum Gasteiger partial charge on any atom is -0.497 e. The number of pyridine rings is 1. The highest BCUT2D eigenvalue weighted by Crippen LogP contribution is 2.28. The number of aryl methyl sites for hydroxylation is 2. The van der Waals surface area contributed by atoms with Gasteiger partial charge in [0.05, 0.1) is 29.4 Å². The van der Waals surface area contributed by atoms with Crippen LogP contribution in [-0.4, -0.2) is 63.8 Å². The van der Waals surface area contributed by atoms with Crippen LogP contribution in [0.5, 0.6) is 5.75 Å². The van der Waals surface area contributed by atoms with E-state index in [2.05, 4.69) is 22.1 Å². The topological polar surface area (TPSA) is 63.5 Å². The third-order valence-electron chi connectivity index (χ3n) is 6.71. The summed E-state index contributed by atoms with van der Waals surface area (Å²) in [5.41, 5.74) is 5.28. The number of carbonyl (C=O) groups is 1. The number of hydrogen-bond donors (Lipinski definition) is 0. The van der Waals surface area contributed by atoms with Crippen molar-refractivity contribution in [2.75, 3.05) is 33.3 Å². The predicted molar refractivity (Wildman–Crippen MR) is 137 cm³/mol. The van der Waals surface area contributed by atoms with E-state index < -0.39 is 0 Å². The zero-order chi connectivity index (χ0) is 24.4. The number of amides is 1. The molecule has 4 aromatic rings. The van der Waals surface area contributed by atoms with Crippen molar-refractivity contribution in [2.24, 2.45) is 7.05 Å². The molecule has 0 bridgehead atoms. The fourth-order valence-corrected chi connectivity index (χ4v) is 4.86. The lowest BCUT2D eigenvalue weighted by atomic mass is 10.0. The first-order chi connectivity index (χ1) is 17.0. The number of methoxy groups -OCH3 is 1. The lowest BCUT2D eigenvalue weighted by Crippen LogP contribution is -2.35. The molecule has 7 heteroatoms. The summed E-state index contributed by atoms with van der Waals surface area (Å²) in [4.78, 5) is 23.1. The minimum absolute atomic E-state index is 0.0528. The first-order valence-corrected chi connectivity index (χ1v) is 12.1. The maximum Gasteiger partial charge on any atom is 0.254 e. The van der Waals surface area contributed by atoms with Crippen LogP contribution in [0.4, 0.5) is 0 Å². The molecule has 1 saturated heterocycles. The van der Waals surface area contributed by atoms with E-state index in [9.17, 15) is 4.79 Å². The summed E-state index contributed by atoms with van der Waals surface area (Å²) in [6.07, 6.45) is 0.938. The lowest BCUT2D eigenvalue weighted by Gasteiger charge is -2.23. The van der Waals surface area contributed by atoms with E-state index in [1.54, 1.807) is 11.8 Å².